The first-order chi connectivity index (χ1) is 9.09. The van der Waals surface area contributed by atoms with Gasteiger partial charge in [0.15, 0.2) is 0 Å². The van der Waals surface area contributed by atoms with Crippen LogP contribution in [-0.4, -0.2) is 25.1 Å². The van der Waals surface area contributed by atoms with Crippen LogP contribution in [0.3, 0.4) is 0 Å². The quantitative estimate of drug-likeness (QED) is 0.656. The maximum Gasteiger partial charge on any atom is 0.234 e. The van der Waals surface area contributed by atoms with Crippen LogP contribution in [0.15, 0.2) is 30.6 Å². The predicted octanol–water partition coefficient (Wildman–Crippen LogP) is 1.85. The van der Waals surface area contributed by atoms with Crippen molar-refractivity contribution in [2.45, 2.75) is 6.92 Å². The lowest BCUT2D eigenvalue weighted by atomic mass is 10.1. The number of nitrogens with zero attached hydrogens (tertiary/aromatic N) is 4. The molecular weight excluding hydrogens is 240 g/mol. The van der Waals surface area contributed by atoms with Crippen LogP contribution in [0.2, 0.25) is 0 Å². The van der Waals surface area contributed by atoms with E-state index in [0.29, 0.717) is 5.56 Å². The zero-order valence-electron chi connectivity index (χ0n) is 11.1. The average Bonchev–Trinajstić information content (AvgIpc) is 2.94. The van der Waals surface area contributed by atoms with E-state index in [1.54, 1.807) is 7.05 Å². The maximum absolute atomic E-state index is 12.6. The van der Waals surface area contributed by atoms with Crippen molar-refractivity contribution >= 4 is 16.7 Å². The van der Waals surface area contributed by atoms with Gasteiger partial charge in [0.25, 0.3) is 0 Å². The lowest BCUT2D eigenvalue weighted by molar-refractivity contribution is 0.103. The van der Waals surface area contributed by atoms with Gasteiger partial charge in [-0.2, -0.15) is 0 Å². The lowest BCUT2D eigenvalue weighted by Crippen LogP contribution is -2.06. The molecule has 0 bridgehead atoms. The number of aromatic nitrogens is 4. The molecule has 96 valence electrons. The van der Waals surface area contributed by atoms with Gasteiger partial charge in [0, 0.05) is 30.7 Å². The molecule has 3 aromatic rings. The van der Waals surface area contributed by atoms with Crippen molar-refractivity contribution in [2.75, 3.05) is 0 Å². The summed E-state index contributed by atoms with van der Waals surface area (Å²) >= 11 is 0. The second kappa shape index (κ2) is 4.05. The number of carbonyl (C=O) groups is 1. The Morgan fingerprint density at radius 3 is 2.63 bits per heavy atom. The largest absolute Gasteiger partial charge is 0.347 e. The van der Waals surface area contributed by atoms with Gasteiger partial charge in [-0.15, -0.1) is 5.10 Å². The molecule has 2 heterocycles. The van der Waals surface area contributed by atoms with Gasteiger partial charge in [-0.25, -0.2) is 4.98 Å². The van der Waals surface area contributed by atoms with Crippen LogP contribution < -0.4 is 0 Å². The van der Waals surface area contributed by atoms with Crippen LogP contribution in [0.5, 0.6) is 0 Å². The zero-order chi connectivity index (χ0) is 13.6. The Kier molecular flexibility index (Phi) is 2.48. The summed E-state index contributed by atoms with van der Waals surface area (Å²) in [4.78, 5) is 16.6. The Bertz CT molecular complexity index is 782. The molecule has 0 amide bonds. The molecule has 5 nitrogen and oxygen atoms in total. The van der Waals surface area contributed by atoms with E-state index in [4.69, 9.17) is 0 Å². The van der Waals surface area contributed by atoms with E-state index in [-0.39, 0.29) is 11.6 Å². The van der Waals surface area contributed by atoms with E-state index in [1.807, 2.05) is 42.8 Å². The third-order valence-corrected chi connectivity index (χ3v) is 3.43. The second-order valence-corrected chi connectivity index (χ2v) is 4.61. The highest BCUT2D eigenvalue weighted by Crippen LogP contribution is 2.26. The van der Waals surface area contributed by atoms with E-state index in [0.717, 1.165) is 16.6 Å². The molecule has 0 N–H and O–H groups in total. The van der Waals surface area contributed by atoms with Crippen molar-refractivity contribution in [1.82, 2.24) is 19.3 Å². The summed E-state index contributed by atoms with van der Waals surface area (Å²) in [6.45, 7) is 1.94. The smallest absolute Gasteiger partial charge is 0.234 e. The number of rotatable bonds is 2. The van der Waals surface area contributed by atoms with Crippen LogP contribution in [0.4, 0.5) is 0 Å². The predicted molar refractivity (Wildman–Crippen MR) is 72.1 cm³/mol. The molecule has 0 atom stereocenters. The van der Waals surface area contributed by atoms with Crippen molar-refractivity contribution in [1.29, 1.82) is 0 Å². The van der Waals surface area contributed by atoms with Crippen LogP contribution in [-0.2, 0) is 14.1 Å². The fourth-order valence-corrected chi connectivity index (χ4v) is 2.36. The van der Waals surface area contributed by atoms with E-state index < -0.39 is 0 Å². The first kappa shape index (κ1) is 11.6. The minimum absolute atomic E-state index is 0.130. The van der Waals surface area contributed by atoms with E-state index in [2.05, 4.69) is 10.1 Å². The topological polar surface area (TPSA) is 52.7 Å². The molecular formula is C14H14N4O. The second-order valence-electron chi connectivity index (χ2n) is 4.61. The Morgan fingerprint density at radius 1 is 1.21 bits per heavy atom. The monoisotopic (exact) mass is 254 g/mol. The van der Waals surface area contributed by atoms with Gasteiger partial charge in [0.05, 0.1) is 5.56 Å². The van der Waals surface area contributed by atoms with Gasteiger partial charge >= 0.3 is 0 Å². The van der Waals surface area contributed by atoms with Crippen LogP contribution in [0.25, 0.3) is 10.9 Å². The third kappa shape index (κ3) is 1.66. The molecule has 0 aliphatic rings. The Balaban J connectivity index is 2.25. The van der Waals surface area contributed by atoms with E-state index >= 15 is 0 Å². The van der Waals surface area contributed by atoms with Gasteiger partial charge in [-0.3, -0.25) is 9.48 Å². The minimum atomic E-state index is -0.130. The Hall–Kier alpha value is -2.43. The highest BCUT2D eigenvalue weighted by atomic mass is 16.1. The zero-order valence-corrected chi connectivity index (χ0v) is 11.1. The molecule has 2 aromatic heterocycles. The van der Waals surface area contributed by atoms with E-state index in [9.17, 15) is 4.79 Å². The minimum Gasteiger partial charge on any atom is -0.347 e. The number of carbonyl (C=O) groups excluding carboxylic acids is 1. The molecule has 0 aliphatic heterocycles. The normalized spacial score (nSPS) is 11.1. The van der Waals surface area contributed by atoms with Crippen LogP contribution in [0.1, 0.15) is 21.9 Å². The van der Waals surface area contributed by atoms with Gasteiger partial charge in [0.1, 0.15) is 6.33 Å². The molecule has 5 heteroatoms. The molecule has 0 spiro atoms. The van der Waals surface area contributed by atoms with Crippen molar-refractivity contribution in [3.05, 3.63) is 47.7 Å². The number of para-hydroxylation sites is 1. The van der Waals surface area contributed by atoms with Crippen molar-refractivity contribution < 1.29 is 4.79 Å². The van der Waals surface area contributed by atoms with Gasteiger partial charge in [-0.05, 0) is 13.0 Å². The number of hydrogen-bond acceptors (Lipinski definition) is 3. The SMILES string of the molecule is Cc1c(C(=O)c2ncn(C)n2)c2ccccc2n1C. The molecule has 19 heavy (non-hydrogen) atoms. The number of aryl methyl sites for hydroxylation is 2. The first-order valence-electron chi connectivity index (χ1n) is 6.04. The van der Waals surface area contributed by atoms with E-state index in [1.165, 1.54) is 11.0 Å². The van der Waals surface area contributed by atoms with Gasteiger partial charge < -0.3 is 4.57 Å². The number of hydrogen-bond donors (Lipinski definition) is 0. The summed E-state index contributed by atoms with van der Waals surface area (Å²) in [5.41, 5.74) is 2.65. The third-order valence-electron chi connectivity index (χ3n) is 3.43. The van der Waals surface area contributed by atoms with Crippen LogP contribution in [0, 0.1) is 6.92 Å². The fourth-order valence-electron chi connectivity index (χ4n) is 2.36. The molecule has 0 saturated heterocycles. The molecule has 0 fully saturated rings. The summed E-state index contributed by atoms with van der Waals surface area (Å²) in [7, 11) is 3.71. The highest BCUT2D eigenvalue weighted by molar-refractivity contribution is 6.15. The summed E-state index contributed by atoms with van der Waals surface area (Å²) in [6.07, 6.45) is 1.54. The van der Waals surface area contributed by atoms with Gasteiger partial charge in [-0.1, -0.05) is 18.2 Å². The summed E-state index contributed by atoms with van der Waals surface area (Å²) in [6, 6.07) is 7.86. The molecule has 0 unspecified atom stereocenters. The average molecular weight is 254 g/mol. The summed E-state index contributed by atoms with van der Waals surface area (Å²) in [5, 5.41) is 5.04. The van der Waals surface area contributed by atoms with Gasteiger partial charge in [0.2, 0.25) is 11.6 Å². The highest BCUT2D eigenvalue weighted by Gasteiger charge is 2.22. The molecule has 3 rings (SSSR count). The molecule has 0 saturated carbocycles. The Labute approximate surface area is 110 Å². The molecule has 0 radical (unpaired) electrons. The molecule has 0 aliphatic carbocycles. The maximum atomic E-state index is 12.6. The fraction of sp³-hybridized carbons (Fsp3) is 0.214. The first-order valence-corrected chi connectivity index (χ1v) is 6.04. The van der Waals surface area contributed by atoms with Crippen molar-refractivity contribution in [2.24, 2.45) is 14.1 Å². The van der Waals surface area contributed by atoms with Crippen LogP contribution >= 0.6 is 0 Å². The summed E-state index contributed by atoms with van der Waals surface area (Å²) in [5.74, 6) is 0.108. The number of benzene rings is 1. The number of fused-ring (bicyclic) bond motifs is 1. The summed E-state index contributed by atoms with van der Waals surface area (Å²) < 4.78 is 3.55. The Morgan fingerprint density at radius 2 is 1.95 bits per heavy atom. The lowest BCUT2D eigenvalue weighted by Gasteiger charge is -1.98. The standard InChI is InChI=1S/C14H14N4O/c1-9-12(13(19)14-15-8-17(2)16-14)10-6-4-5-7-11(10)18(9)3/h4-8H,1-3H3. The van der Waals surface area contributed by atoms with Crippen molar-refractivity contribution in [3.63, 3.8) is 0 Å². The number of ketones is 1. The molecule has 1 aromatic carbocycles. The van der Waals surface area contributed by atoms with Crippen molar-refractivity contribution in [3.8, 4) is 0 Å².